The van der Waals surface area contributed by atoms with Crippen molar-refractivity contribution in [1.82, 2.24) is 5.32 Å². The lowest BCUT2D eigenvalue weighted by atomic mass is 10.1. The van der Waals surface area contributed by atoms with E-state index >= 15 is 0 Å². The van der Waals surface area contributed by atoms with Gasteiger partial charge in [-0.2, -0.15) is 0 Å². The Labute approximate surface area is 130 Å². The topological polar surface area (TPSA) is 38.3 Å². The number of ether oxygens (including phenoxy) is 1. The summed E-state index contributed by atoms with van der Waals surface area (Å²) in [7, 11) is 0. The zero-order valence-corrected chi connectivity index (χ0v) is 12.8. The second-order valence-electron chi connectivity index (χ2n) is 5.39. The molecule has 3 nitrogen and oxygen atoms in total. The molecule has 4 heteroatoms. The third kappa shape index (κ3) is 5.20. The first-order valence-corrected chi connectivity index (χ1v) is 7.29. The van der Waals surface area contributed by atoms with Gasteiger partial charge in [0.15, 0.2) is 0 Å². The van der Waals surface area contributed by atoms with Crippen LogP contribution < -0.4 is 10.1 Å². The molecular formula is C18H20FNO2. The van der Waals surface area contributed by atoms with Crippen molar-refractivity contribution in [3.05, 3.63) is 65.5 Å². The molecule has 2 aromatic rings. The molecule has 0 fully saturated rings. The van der Waals surface area contributed by atoms with Gasteiger partial charge in [0.05, 0.1) is 12.5 Å². The van der Waals surface area contributed by atoms with E-state index in [4.69, 9.17) is 4.74 Å². The molecule has 0 heterocycles. The van der Waals surface area contributed by atoms with E-state index < -0.39 is 0 Å². The smallest absolute Gasteiger partial charge is 0.224 e. The van der Waals surface area contributed by atoms with Crippen LogP contribution in [0.1, 0.15) is 25.0 Å². The van der Waals surface area contributed by atoms with Crippen molar-refractivity contribution in [3.8, 4) is 5.75 Å². The lowest BCUT2D eigenvalue weighted by Gasteiger charge is -2.11. The van der Waals surface area contributed by atoms with E-state index in [1.54, 1.807) is 12.1 Å². The van der Waals surface area contributed by atoms with Gasteiger partial charge in [0.25, 0.3) is 0 Å². The Balaban J connectivity index is 1.86. The number of hydrogen-bond donors (Lipinski definition) is 1. The van der Waals surface area contributed by atoms with Gasteiger partial charge in [0.2, 0.25) is 5.91 Å². The molecule has 1 amide bonds. The maximum Gasteiger partial charge on any atom is 0.224 e. The molecule has 0 unspecified atom stereocenters. The molecule has 1 N–H and O–H groups in total. The quantitative estimate of drug-likeness (QED) is 0.887. The first kappa shape index (κ1) is 16.0. The Morgan fingerprint density at radius 2 is 1.86 bits per heavy atom. The third-order valence-corrected chi connectivity index (χ3v) is 3.04. The Morgan fingerprint density at radius 1 is 1.14 bits per heavy atom. The Kier molecular flexibility index (Phi) is 5.53. The minimum absolute atomic E-state index is 0.0956. The van der Waals surface area contributed by atoms with Crippen LogP contribution in [0.15, 0.2) is 48.5 Å². The summed E-state index contributed by atoms with van der Waals surface area (Å²) < 4.78 is 18.4. The summed E-state index contributed by atoms with van der Waals surface area (Å²) in [5.41, 5.74) is 1.77. The highest BCUT2D eigenvalue weighted by Gasteiger charge is 2.05. The van der Waals surface area contributed by atoms with Crippen LogP contribution in [0.2, 0.25) is 0 Å². The summed E-state index contributed by atoms with van der Waals surface area (Å²) in [4.78, 5) is 11.9. The summed E-state index contributed by atoms with van der Waals surface area (Å²) in [6.07, 6.45) is 0.353. The van der Waals surface area contributed by atoms with Crippen molar-refractivity contribution >= 4 is 5.91 Å². The average Bonchev–Trinajstić information content (AvgIpc) is 2.47. The van der Waals surface area contributed by atoms with Crippen molar-refractivity contribution in [2.24, 2.45) is 0 Å². The maximum atomic E-state index is 12.8. The number of carbonyl (C=O) groups excluding carboxylic acids is 1. The van der Waals surface area contributed by atoms with Gasteiger partial charge in [-0.3, -0.25) is 4.79 Å². The summed E-state index contributed by atoms with van der Waals surface area (Å²) >= 11 is 0. The minimum Gasteiger partial charge on any atom is -0.491 e. The highest BCUT2D eigenvalue weighted by atomic mass is 19.1. The van der Waals surface area contributed by atoms with Crippen LogP contribution in [0.4, 0.5) is 4.39 Å². The van der Waals surface area contributed by atoms with Gasteiger partial charge >= 0.3 is 0 Å². The molecule has 0 bridgehead atoms. The molecule has 116 valence electrons. The molecule has 22 heavy (non-hydrogen) atoms. The number of benzene rings is 2. The number of halogens is 1. The molecule has 0 aliphatic carbocycles. The molecule has 0 radical (unpaired) electrons. The molecule has 0 atom stereocenters. The van der Waals surface area contributed by atoms with Crippen LogP contribution in [0.3, 0.4) is 0 Å². The number of rotatable bonds is 6. The van der Waals surface area contributed by atoms with Gasteiger partial charge < -0.3 is 10.1 Å². The fourth-order valence-electron chi connectivity index (χ4n) is 2.05. The van der Waals surface area contributed by atoms with E-state index in [9.17, 15) is 9.18 Å². The molecule has 0 aliphatic heterocycles. The third-order valence-electron chi connectivity index (χ3n) is 3.04. The first-order valence-electron chi connectivity index (χ1n) is 7.29. The molecule has 0 saturated heterocycles. The van der Waals surface area contributed by atoms with E-state index in [0.717, 1.165) is 16.9 Å². The van der Waals surface area contributed by atoms with Gasteiger partial charge in [-0.15, -0.1) is 0 Å². The minimum atomic E-state index is -0.300. The molecule has 0 saturated carbocycles. The normalized spacial score (nSPS) is 10.5. The number of nitrogens with one attached hydrogen (secondary N) is 1. The summed E-state index contributed by atoms with van der Waals surface area (Å²) in [6.45, 7) is 4.38. The fourth-order valence-corrected chi connectivity index (χ4v) is 2.05. The molecule has 2 rings (SSSR count). The standard InChI is InChI=1S/C18H20FNO2/c1-13(2)22-17-5-3-4-15(10-17)12-20-18(21)11-14-6-8-16(19)9-7-14/h3-10,13H,11-12H2,1-2H3,(H,20,21). The van der Waals surface area contributed by atoms with Crippen LogP contribution in [0, 0.1) is 5.82 Å². The largest absolute Gasteiger partial charge is 0.491 e. The lowest BCUT2D eigenvalue weighted by molar-refractivity contribution is -0.120. The van der Waals surface area contributed by atoms with E-state index in [2.05, 4.69) is 5.32 Å². The maximum absolute atomic E-state index is 12.8. The van der Waals surface area contributed by atoms with E-state index in [-0.39, 0.29) is 24.2 Å². The molecular weight excluding hydrogens is 281 g/mol. The predicted molar refractivity (Wildman–Crippen MR) is 84.2 cm³/mol. The fraction of sp³-hybridized carbons (Fsp3) is 0.278. The zero-order valence-electron chi connectivity index (χ0n) is 12.8. The monoisotopic (exact) mass is 301 g/mol. The average molecular weight is 301 g/mol. The second kappa shape index (κ2) is 7.59. The van der Waals surface area contributed by atoms with Gasteiger partial charge in [-0.05, 0) is 49.2 Å². The van der Waals surface area contributed by atoms with Crippen molar-refractivity contribution in [3.63, 3.8) is 0 Å². The number of amides is 1. The van der Waals surface area contributed by atoms with Gasteiger partial charge in [-0.1, -0.05) is 24.3 Å². The van der Waals surface area contributed by atoms with Crippen LogP contribution in [-0.4, -0.2) is 12.0 Å². The molecule has 0 spiro atoms. The van der Waals surface area contributed by atoms with Crippen LogP contribution in [0.25, 0.3) is 0 Å². The van der Waals surface area contributed by atoms with Crippen molar-refractivity contribution in [2.75, 3.05) is 0 Å². The second-order valence-corrected chi connectivity index (χ2v) is 5.39. The van der Waals surface area contributed by atoms with Crippen LogP contribution in [0.5, 0.6) is 5.75 Å². The summed E-state index contributed by atoms with van der Waals surface area (Å²) in [5, 5.41) is 2.85. The summed E-state index contributed by atoms with van der Waals surface area (Å²) in [5.74, 6) is 0.396. The molecule has 2 aromatic carbocycles. The van der Waals surface area contributed by atoms with Gasteiger partial charge in [0, 0.05) is 6.54 Å². The van der Waals surface area contributed by atoms with Gasteiger partial charge in [0.1, 0.15) is 11.6 Å². The van der Waals surface area contributed by atoms with Crippen LogP contribution in [-0.2, 0) is 17.8 Å². The van der Waals surface area contributed by atoms with E-state index in [1.165, 1.54) is 12.1 Å². The number of carbonyl (C=O) groups is 1. The first-order chi connectivity index (χ1) is 10.5. The Bertz CT molecular complexity index is 623. The van der Waals surface area contributed by atoms with Crippen molar-refractivity contribution in [2.45, 2.75) is 32.9 Å². The van der Waals surface area contributed by atoms with Crippen LogP contribution >= 0.6 is 0 Å². The summed E-state index contributed by atoms with van der Waals surface area (Å²) in [6, 6.07) is 13.6. The number of hydrogen-bond acceptors (Lipinski definition) is 2. The van der Waals surface area contributed by atoms with Gasteiger partial charge in [-0.25, -0.2) is 4.39 Å². The lowest BCUT2D eigenvalue weighted by Crippen LogP contribution is -2.24. The zero-order chi connectivity index (χ0) is 15.9. The van der Waals surface area contributed by atoms with Crippen molar-refractivity contribution in [1.29, 1.82) is 0 Å². The predicted octanol–water partition coefficient (Wildman–Crippen LogP) is 3.47. The highest BCUT2D eigenvalue weighted by molar-refractivity contribution is 5.78. The SMILES string of the molecule is CC(C)Oc1cccc(CNC(=O)Cc2ccc(F)cc2)c1. The Hall–Kier alpha value is -2.36. The van der Waals surface area contributed by atoms with E-state index in [1.807, 2.05) is 38.1 Å². The highest BCUT2D eigenvalue weighted by Crippen LogP contribution is 2.14. The Morgan fingerprint density at radius 3 is 2.55 bits per heavy atom. The van der Waals surface area contributed by atoms with Crippen molar-refractivity contribution < 1.29 is 13.9 Å². The van der Waals surface area contributed by atoms with E-state index in [0.29, 0.717) is 6.54 Å². The molecule has 0 aliphatic rings. The molecule has 0 aromatic heterocycles.